The summed E-state index contributed by atoms with van der Waals surface area (Å²) in [5.41, 5.74) is 7.94. The molecule has 3 rings (SSSR count). The number of aromatic nitrogens is 4. The van der Waals surface area contributed by atoms with Crippen LogP contribution in [0.4, 0.5) is 5.82 Å². The van der Waals surface area contributed by atoms with Gasteiger partial charge in [-0.05, 0) is 19.1 Å². The van der Waals surface area contributed by atoms with E-state index in [9.17, 15) is 4.79 Å². The highest BCUT2D eigenvalue weighted by molar-refractivity contribution is 5.92. The number of carbonyl (C=O) groups is 1. The van der Waals surface area contributed by atoms with E-state index >= 15 is 0 Å². The summed E-state index contributed by atoms with van der Waals surface area (Å²) in [4.78, 5) is 16.5. The molecular formula is C15H18N6O. The SMILES string of the molecule is CCn1c(CCNC(=O)c2cc(N)n[nH]2)nc2ccccc21. The van der Waals surface area contributed by atoms with Crippen molar-refractivity contribution < 1.29 is 4.79 Å². The Kier molecular flexibility index (Phi) is 3.78. The molecule has 0 unspecified atom stereocenters. The van der Waals surface area contributed by atoms with Crippen LogP contribution >= 0.6 is 0 Å². The number of hydrogen-bond donors (Lipinski definition) is 3. The van der Waals surface area contributed by atoms with Crippen LogP contribution in [0.1, 0.15) is 23.2 Å². The standard InChI is InChI=1S/C15H18N6O/c1-2-21-12-6-4-3-5-10(12)18-14(21)7-8-17-15(22)11-9-13(16)20-19-11/h3-6,9H,2,7-8H2,1H3,(H,17,22)(H3,16,19,20). The third-order valence-electron chi connectivity index (χ3n) is 3.53. The van der Waals surface area contributed by atoms with Crippen LogP contribution in [-0.4, -0.2) is 32.2 Å². The average Bonchev–Trinajstić information content (AvgIpc) is 3.10. The second kappa shape index (κ2) is 5.88. The summed E-state index contributed by atoms with van der Waals surface area (Å²) in [6, 6.07) is 9.54. The van der Waals surface area contributed by atoms with Crippen molar-refractivity contribution in [1.82, 2.24) is 25.1 Å². The fourth-order valence-corrected chi connectivity index (χ4v) is 2.51. The van der Waals surface area contributed by atoms with Gasteiger partial charge in [0.25, 0.3) is 5.91 Å². The van der Waals surface area contributed by atoms with E-state index in [2.05, 4.69) is 38.1 Å². The number of benzene rings is 1. The number of nitrogens with two attached hydrogens (primary N) is 1. The Hall–Kier alpha value is -2.83. The molecule has 0 atom stereocenters. The molecule has 0 aliphatic heterocycles. The van der Waals surface area contributed by atoms with Gasteiger partial charge in [0.15, 0.2) is 0 Å². The van der Waals surface area contributed by atoms with Gasteiger partial charge in [0.2, 0.25) is 0 Å². The highest BCUT2D eigenvalue weighted by atomic mass is 16.1. The lowest BCUT2D eigenvalue weighted by molar-refractivity contribution is 0.0949. The van der Waals surface area contributed by atoms with Crippen molar-refractivity contribution in [3.63, 3.8) is 0 Å². The molecule has 7 nitrogen and oxygen atoms in total. The molecule has 22 heavy (non-hydrogen) atoms. The maximum absolute atomic E-state index is 11.9. The van der Waals surface area contributed by atoms with Gasteiger partial charge in [-0.1, -0.05) is 12.1 Å². The molecule has 0 bridgehead atoms. The first-order valence-electron chi connectivity index (χ1n) is 7.22. The van der Waals surface area contributed by atoms with E-state index in [0.29, 0.717) is 24.5 Å². The van der Waals surface area contributed by atoms with Crippen LogP contribution in [-0.2, 0) is 13.0 Å². The fourth-order valence-electron chi connectivity index (χ4n) is 2.51. The molecule has 7 heteroatoms. The molecule has 1 aromatic carbocycles. The summed E-state index contributed by atoms with van der Waals surface area (Å²) in [6.07, 6.45) is 0.665. The van der Waals surface area contributed by atoms with Crippen LogP contribution in [0.5, 0.6) is 0 Å². The summed E-state index contributed by atoms with van der Waals surface area (Å²) in [5, 5.41) is 9.16. The lowest BCUT2D eigenvalue weighted by atomic mass is 10.3. The molecule has 0 saturated heterocycles. The monoisotopic (exact) mass is 298 g/mol. The zero-order valence-corrected chi connectivity index (χ0v) is 12.3. The van der Waals surface area contributed by atoms with Crippen LogP contribution < -0.4 is 11.1 Å². The summed E-state index contributed by atoms with van der Waals surface area (Å²) in [7, 11) is 0. The summed E-state index contributed by atoms with van der Waals surface area (Å²) >= 11 is 0. The summed E-state index contributed by atoms with van der Waals surface area (Å²) < 4.78 is 2.16. The van der Waals surface area contributed by atoms with Crippen LogP contribution in [0, 0.1) is 0 Å². The van der Waals surface area contributed by atoms with Crippen LogP contribution in [0.25, 0.3) is 11.0 Å². The van der Waals surface area contributed by atoms with Crippen molar-refractivity contribution in [2.24, 2.45) is 0 Å². The molecule has 1 amide bonds. The van der Waals surface area contributed by atoms with E-state index in [0.717, 1.165) is 23.4 Å². The third kappa shape index (κ3) is 2.65. The van der Waals surface area contributed by atoms with Crippen LogP contribution in [0.15, 0.2) is 30.3 Å². The van der Waals surface area contributed by atoms with Gasteiger partial charge in [0.05, 0.1) is 11.0 Å². The zero-order valence-electron chi connectivity index (χ0n) is 12.3. The number of nitrogens with one attached hydrogen (secondary N) is 2. The number of rotatable bonds is 5. The predicted molar refractivity (Wildman–Crippen MR) is 84.4 cm³/mol. The van der Waals surface area contributed by atoms with Crippen molar-refractivity contribution in [3.8, 4) is 0 Å². The van der Waals surface area contributed by atoms with Gasteiger partial charge in [0, 0.05) is 25.6 Å². The third-order valence-corrected chi connectivity index (χ3v) is 3.53. The van der Waals surface area contributed by atoms with Crippen molar-refractivity contribution in [2.45, 2.75) is 19.9 Å². The molecule has 0 saturated carbocycles. The Balaban J connectivity index is 1.68. The van der Waals surface area contributed by atoms with Gasteiger partial charge in [-0.25, -0.2) is 4.98 Å². The number of amides is 1. The maximum Gasteiger partial charge on any atom is 0.269 e. The minimum atomic E-state index is -0.219. The topological polar surface area (TPSA) is 102 Å². The predicted octanol–water partition coefficient (Wildman–Crippen LogP) is 1.33. The molecule has 0 aliphatic carbocycles. The molecule has 0 fully saturated rings. The maximum atomic E-state index is 11.9. The smallest absolute Gasteiger partial charge is 0.269 e. The number of nitrogen functional groups attached to an aromatic ring is 1. The second-order valence-corrected chi connectivity index (χ2v) is 4.97. The van der Waals surface area contributed by atoms with Gasteiger partial charge in [-0.15, -0.1) is 0 Å². The summed E-state index contributed by atoms with van der Waals surface area (Å²) in [6.45, 7) is 3.44. The Morgan fingerprint density at radius 3 is 2.95 bits per heavy atom. The lowest BCUT2D eigenvalue weighted by Gasteiger charge is -2.06. The summed E-state index contributed by atoms with van der Waals surface area (Å²) in [5.74, 6) is 1.05. The number of hydrogen-bond acceptors (Lipinski definition) is 4. The number of H-pyrrole nitrogens is 1. The Bertz CT molecular complexity index is 803. The van der Waals surface area contributed by atoms with Crippen molar-refractivity contribution in [3.05, 3.63) is 41.9 Å². The van der Waals surface area contributed by atoms with E-state index in [1.54, 1.807) is 0 Å². The molecule has 3 aromatic rings. The van der Waals surface area contributed by atoms with E-state index < -0.39 is 0 Å². The van der Waals surface area contributed by atoms with E-state index in [-0.39, 0.29) is 5.91 Å². The van der Waals surface area contributed by atoms with Gasteiger partial charge in [-0.3, -0.25) is 9.89 Å². The Labute approximate surface area is 127 Å². The Morgan fingerprint density at radius 2 is 2.23 bits per heavy atom. The Morgan fingerprint density at radius 1 is 1.41 bits per heavy atom. The first kappa shape index (κ1) is 14.1. The zero-order chi connectivity index (χ0) is 15.5. The molecule has 2 aromatic heterocycles. The number of para-hydroxylation sites is 2. The van der Waals surface area contributed by atoms with Gasteiger partial charge in [-0.2, -0.15) is 5.10 Å². The van der Waals surface area contributed by atoms with E-state index in [1.807, 2.05) is 18.2 Å². The minimum absolute atomic E-state index is 0.219. The second-order valence-electron chi connectivity index (χ2n) is 4.97. The average molecular weight is 298 g/mol. The quantitative estimate of drug-likeness (QED) is 0.661. The number of aryl methyl sites for hydroxylation is 1. The first-order valence-corrected chi connectivity index (χ1v) is 7.22. The first-order chi connectivity index (χ1) is 10.7. The number of nitrogens with zero attached hydrogens (tertiary/aromatic N) is 3. The molecule has 4 N–H and O–H groups in total. The highest BCUT2D eigenvalue weighted by Crippen LogP contribution is 2.16. The van der Waals surface area contributed by atoms with E-state index in [4.69, 9.17) is 5.73 Å². The molecule has 0 spiro atoms. The van der Waals surface area contributed by atoms with Crippen molar-refractivity contribution in [1.29, 1.82) is 0 Å². The van der Waals surface area contributed by atoms with Gasteiger partial charge in [0.1, 0.15) is 17.3 Å². The van der Waals surface area contributed by atoms with Crippen molar-refractivity contribution in [2.75, 3.05) is 12.3 Å². The highest BCUT2D eigenvalue weighted by Gasteiger charge is 2.11. The molecular weight excluding hydrogens is 280 g/mol. The van der Waals surface area contributed by atoms with E-state index in [1.165, 1.54) is 6.07 Å². The van der Waals surface area contributed by atoms with Crippen molar-refractivity contribution >= 4 is 22.8 Å². The normalized spacial score (nSPS) is 11.0. The van der Waals surface area contributed by atoms with Crippen LogP contribution in [0.3, 0.4) is 0 Å². The number of imidazole rings is 1. The molecule has 2 heterocycles. The molecule has 0 aliphatic rings. The number of aromatic amines is 1. The number of fused-ring (bicyclic) bond motifs is 1. The van der Waals surface area contributed by atoms with Crippen LogP contribution in [0.2, 0.25) is 0 Å². The lowest BCUT2D eigenvalue weighted by Crippen LogP contribution is -2.26. The minimum Gasteiger partial charge on any atom is -0.382 e. The largest absolute Gasteiger partial charge is 0.382 e. The fraction of sp³-hybridized carbons (Fsp3) is 0.267. The number of carbonyl (C=O) groups excluding carboxylic acids is 1. The molecule has 0 radical (unpaired) electrons. The van der Waals surface area contributed by atoms with Gasteiger partial charge >= 0.3 is 0 Å². The number of anilines is 1. The molecule has 114 valence electrons. The van der Waals surface area contributed by atoms with Gasteiger partial charge < -0.3 is 15.6 Å².